The van der Waals surface area contributed by atoms with Gasteiger partial charge in [-0.15, -0.1) is 0 Å². The summed E-state index contributed by atoms with van der Waals surface area (Å²) in [4.78, 5) is 2.14. The number of oxime groups is 1. The number of amidine groups is 1. The summed E-state index contributed by atoms with van der Waals surface area (Å²) >= 11 is 0. The number of rotatable bonds is 5. The maximum atomic E-state index is 8.41. The third-order valence-electron chi connectivity index (χ3n) is 2.45. The summed E-state index contributed by atoms with van der Waals surface area (Å²) < 4.78 is 0. The fraction of sp³-hybridized carbons (Fsp3) is 0.417. The zero-order valence-corrected chi connectivity index (χ0v) is 9.85. The highest BCUT2D eigenvalue weighted by Gasteiger charge is 2.01. The highest BCUT2D eigenvalue weighted by Crippen LogP contribution is 2.05. The van der Waals surface area contributed by atoms with Gasteiger partial charge in [-0.2, -0.15) is 0 Å². The van der Waals surface area contributed by atoms with Crippen molar-refractivity contribution in [1.82, 2.24) is 4.90 Å². The van der Waals surface area contributed by atoms with Crippen molar-refractivity contribution in [2.75, 3.05) is 13.6 Å². The Bertz CT molecular complexity index is 346. The minimum absolute atomic E-state index is 0.274. The molecule has 0 radical (unpaired) electrons. The molecular formula is C12H19N3O. The summed E-state index contributed by atoms with van der Waals surface area (Å²) in [5, 5.41) is 11.4. The van der Waals surface area contributed by atoms with Crippen LogP contribution in [0.15, 0.2) is 29.4 Å². The van der Waals surface area contributed by atoms with Crippen LogP contribution < -0.4 is 5.73 Å². The predicted octanol–water partition coefficient (Wildman–Crippen LogP) is 1.56. The van der Waals surface area contributed by atoms with E-state index < -0.39 is 0 Å². The van der Waals surface area contributed by atoms with Crippen LogP contribution in [0.25, 0.3) is 0 Å². The molecule has 0 heterocycles. The number of benzene rings is 1. The monoisotopic (exact) mass is 221 g/mol. The van der Waals surface area contributed by atoms with Crippen molar-refractivity contribution in [2.24, 2.45) is 10.9 Å². The van der Waals surface area contributed by atoms with Gasteiger partial charge in [-0.25, -0.2) is 0 Å². The first kappa shape index (κ1) is 12.5. The largest absolute Gasteiger partial charge is 0.409 e. The van der Waals surface area contributed by atoms with Crippen LogP contribution in [0.2, 0.25) is 0 Å². The van der Waals surface area contributed by atoms with Gasteiger partial charge in [-0.05, 0) is 19.5 Å². The molecule has 0 unspecified atom stereocenters. The number of aryl methyl sites for hydroxylation is 1. The molecule has 0 aromatic heterocycles. The Morgan fingerprint density at radius 3 is 2.56 bits per heavy atom. The second kappa shape index (κ2) is 6.12. The van der Waals surface area contributed by atoms with Crippen LogP contribution in [0.1, 0.15) is 17.5 Å². The molecule has 1 aromatic carbocycles. The first-order valence-electron chi connectivity index (χ1n) is 5.32. The molecule has 16 heavy (non-hydrogen) atoms. The summed E-state index contributed by atoms with van der Waals surface area (Å²) in [6.45, 7) is 3.73. The van der Waals surface area contributed by atoms with Crippen LogP contribution in [-0.4, -0.2) is 29.5 Å². The lowest BCUT2D eigenvalue weighted by Gasteiger charge is -2.16. The maximum Gasteiger partial charge on any atom is 0.140 e. The van der Waals surface area contributed by atoms with Crippen LogP contribution in [0.4, 0.5) is 0 Å². The van der Waals surface area contributed by atoms with Crippen molar-refractivity contribution in [1.29, 1.82) is 0 Å². The zero-order valence-electron chi connectivity index (χ0n) is 9.85. The molecule has 0 spiro atoms. The van der Waals surface area contributed by atoms with Gasteiger partial charge < -0.3 is 15.8 Å². The number of nitrogens with zero attached hydrogens (tertiary/aromatic N) is 2. The smallest absolute Gasteiger partial charge is 0.140 e. The highest BCUT2D eigenvalue weighted by molar-refractivity contribution is 5.79. The topological polar surface area (TPSA) is 61.8 Å². The molecule has 0 bridgehead atoms. The minimum Gasteiger partial charge on any atom is -0.409 e. The molecule has 0 fully saturated rings. The summed E-state index contributed by atoms with van der Waals surface area (Å²) in [6.07, 6.45) is 0.582. The van der Waals surface area contributed by atoms with Crippen LogP contribution >= 0.6 is 0 Å². The van der Waals surface area contributed by atoms with Crippen molar-refractivity contribution in [2.45, 2.75) is 19.9 Å². The third kappa shape index (κ3) is 4.31. The average molecular weight is 221 g/mol. The molecule has 0 amide bonds. The summed E-state index contributed by atoms with van der Waals surface area (Å²) in [5.41, 5.74) is 7.95. The molecule has 4 heteroatoms. The fourth-order valence-electron chi connectivity index (χ4n) is 1.44. The molecule has 88 valence electrons. The number of nitrogens with two attached hydrogens (primary N) is 1. The minimum atomic E-state index is 0.274. The Kier molecular flexibility index (Phi) is 4.79. The van der Waals surface area contributed by atoms with Gasteiger partial charge in [0.2, 0.25) is 0 Å². The van der Waals surface area contributed by atoms with E-state index in [1.165, 1.54) is 11.1 Å². The lowest BCUT2D eigenvalue weighted by molar-refractivity contribution is 0.309. The molecule has 0 aliphatic rings. The van der Waals surface area contributed by atoms with Gasteiger partial charge in [0, 0.05) is 19.5 Å². The summed E-state index contributed by atoms with van der Waals surface area (Å²) in [6, 6.07) is 8.45. The zero-order chi connectivity index (χ0) is 12.0. The Hall–Kier alpha value is -1.55. The second-order valence-electron chi connectivity index (χ2n) is 4.06. The van der Waals surface area contributed by atoms with Gasteiger partial charge in [0.25, 0.3) is 0 Å². The van der Waals surface area contributed by atoms with Gasteiger partial charge in [0.05, 0.1) is 0 Å². The van der Waals surface area contributed by atoms with Crippen molar-refractivity contribution in [3.8, 4) is 0 Å². The van der Waals surface area contributed by atoms with E-state index in [9.17, 15) is 0 Å². The van der Waals surface area contributed by atoms with E-state index in [1.807, 2.05) is 7.05 Å². The van der Waals surface area contributed by atoms with Crippen molar-refractivity contribution in [3.05, 3.63) is 35.4 Å². The molecule has 3 N–H and O–H groups in total. The first-order valence-corrected chi connectivity index (χ1v) is 5.32. The normalized spacial score (nSPS) is 12.1. The molecule has 1 aromatic rings. The Morgan fingerprint density at radius 1 is 1.38 bits per heavy atom. The van der Waals surface area contributed by atoms with E-state index in [0.717, 1.165) is 13.1 Å². The molecule has 0 atom stereocenters. The molecule has 0 saturated carbocycles. The maximum absolute atomic E-state index is 8.41. The molecule has 1 rings (SSSR count). The fourth-order valence-corrected chi connectivity index (χ4v) is 1.44. The molecular weight excluding hydrogens is 202 g/mol. The van der Waals surface area contributed by atoms with E-state index in [-0.39, 0.29) is 5.84 Å². The SMILES string of the molecule is Cc1ccc(CN(C)CC/C(N)=N/O)cc1. The van der Waals surface area contributed by atoms with Crippen molar-refractivity contribution >= 4 is 5.84 Å². The predicted molar refractivity (Wildman–Crippen MR) is 65.5 cm³/mol. The molecule has 0 aliphatic heterocycles. The molecule has 0 saturated heterocycles. The molecule has 0 aliphatic carbocycles. The lowest BCUT2D eigenvalue weighted by atomic mass is 10.1. The highest BCUT2D eigenvalue weighted by atomic mass is 16.4. The number of hydrogen-bond donors (Lipinski definition) is 2. The molecule has 4 nitrogen and oxygen atoms in total. The average Bonchev–Trinajstić information content (AvgIpc) is 2.29. The van der Waals surface area contributed by atoms with Crippen LogP contribution in [-0.2, 0) is 6.54 Å². The Labute approximate surface area is 96.4 Å². The van der Waals surface area contributed by atoms with Crippen LogP contribution in [0.5, 0.6) is 0 Å². The Morgan fingerprint density at radius 2 is 2.00 bits per heavy atom. The van der Waals surface area contributed by atoms with E-state index >= 15 is 0 Å². The summed E-state index contributed by atoms with van der Waals surface area (Å²) in [5.74, 6) is 0.274. The van der Waals surface area contributed by atoms with Crippen LogP contribution in [0.3, 0.4) is 0 Å². The van der Waals surface area contributed by atoms with Crippen LogP contribution in [0, 0.1) is 6.92 Å². The van der Waals surface area contributed by atoms with E-state index in [2.05, 4.69) is 41.2 Å². The standard InChI is InChI=1S/C12H19N3O/c1-10-3-5-11(6-4-10)9-15(2)8-7-12(13)14-16/h3-6,16H,7-9H2,1-2H3,(H2,13,14). The van der Waals surface area contributed by atoms with Crippen molar-refractivity contribution in [3.63, 3.8) is 0 Å². The van der Waals surface area contributed by atoms with Gasteiger partial charge in [0.15, 0.2) is 0 Å². The van der Waals surface area contributed by atoms with Gasteiger partial charge in [-0.3, -0.25) is 0 Å². The second-order valence-corrected chi connectivity index (χ2v) is 4.06. The first-order chi connectivity index (χ1) is 7.61. The van der Waals surface area contributed by atoms with E-state index in [1.54, 1.807) is 0 Å². The quantitative estimate of drug-likeness (QED) is 0.343. The van der Waals surface area contributed by atoms with E-state index in [4.69, 9.17) is 10.9 Å². The van der Waals surface area contributed by atoms with Gasteiger partial charge in [0.1, 0.15) is 5.84 Å². The van der Waals surface area contributed by atoms with Crippen molar-refractivity contribution < 1.29 is 5.21 Å². The van der Waals surface area contributed by atoms with E-state index in [0.29, 0.717) is 6.42 Å². The Balaban J connectivity index is 2.39. The lowest BCUT2D eigenvalue weighted by Crippen LogP contribution is -2.24. The third-order valence-corrected chi connectivity index (χ3v) is 2.45. The summed E-state index contributed by atoms with van der Waals surface area (Å²) in [7, 11) is 2.02. The van der Waals surface area contributed by atoms with Gasteiger partial charge >= 0.3 is 0 Å². The van der Waals surface area contributed by atoms with Gasteiger partial charge in [-0.1, -0.05) is 35.0 Å². The number of hydrogen-bond acceptors (Lipinski definition) is 3.